The molecule has 0 aliphatic carbocycles. The molecule has 0 aromatic carbocycles. The second-order valence-corrected chi connectivity index (χ2v) is 14.7. The predicted molar refractivity (Wildman–Crippen MR) is 201 cm³/mol. The molecule has 0 heterocycles. The first kappa shape index (κ1) is 47.5. The predicted octanol–water partition coefficient (Wildman–Crippen LogP) is 10.8. The van der Waals surface area contributed by atoms with Crippen LogP contribution in [0, 0.1) is 0 Å². The molecule has 3 N–H and O–H groups in total. The third-order valence-corrected chi connectivity index (χ3v) is 9.43. The van der Waals surface area contributed by atoms with Crippen LogP contribution in [0.1, 0.15) is 181 Å². The lowest BCUT2D eigenvalue weighted by Crippen LogP contribution is -2.29. The summed E-state index contributed by atoms with van der Waals surface area (Å²) in [5, 5.41) is 0. The van der Waals surface area contributed by atoms with Crippen molar-refractivity contribution in [2.24, 2.45) is 5.73 Å². The second-order valence-electron chi connectivity index (χ2n) is 13.2. The minimum Gasteiger partial charge on any atom is -0.458 e. The SMILES string of the molecule is CCCCCCCCCCCCC/C=C/C=C/C(=O)OC[C@H](COP(=O)(O)OCCN)OC(=O)CCCCCCCCCCCCCCC. The highest BCUT2D eigenvalue weighted by molar-refractivity contribution is 7.47. The van der Waals surface area contributed by atoms with Crippen LogP contribution in [0.5, 0.6) is 0 Å². The van der Waals surface area contributed by atoms with Gasteiger partial charge in [-0.3, -0.25) is 13.8 Å². The summed E-state index contributed by atoms with van der Waals surface area (Å²) in [7, 11) is -4.39. The molecule has 0 aromatic rings. The maximum absolute atomic E-state index is 12.5. The molecule has 0 rings (SSSR count). The average Bonchev–Trinajstić information content (AvgIpc) is 3.08. The Morgan fingerprint density at radius 3 is 1.61 bits per heavy atom. The van der Waals surface area contributed by atoms with E-state index >= 15 is 0 Å². The first-order valence-corrected chi connectivity index (χ1v) is 21.4. The van der Waals surface area contributed by atoms with Gasteiger partial charge in [0.25, 0.3) is 0 Å². The van der Waals surface area contributed by atoms with E-state index in [-0.39, 0.29) is 26.2 Å². The number of hydrogen-bond acceptors (Lipinski definition) is 8. The van der Waals surface area contributed by atoms with Crippen LogP contribution in [0.25, 0.3) is 0 Å². The van der Waals surface area contributed by atoms with Gasteiger partial charge in [0.2, 0.25) is 0 Å². The fourth-order valence-electron chi connectivity index (χ4n) is 5.49. The van der Waals surface area contributed by atoms with Gasteiger partial charge in [-0.25, -0.2) is 9.36 Å². The van der Waals surface area contributed by atoms with Gasteiger partial charge in [-0.15, -0.1) is 0 Å². The van der Waals surface area contributed by atoms with Crippen molar-refractivity contribution >= 4 is 19.8 Å². The van der Waals surface area contributed by atoms with Crippen molar-refractivity contribution in [1.29, 1.82) is 0 Å². The molecule has 9 nitrogen and oxygen atoms in total. The van der Waals surface area contributed by atoms with Gasteiger partial charge in [0.15, 0.2) is 6.10 Å². The maximum Gasteiger partial charge on any atom is 0.472 e. The van der Waals surface area contributed by atoms with E-state index in [1.54, 1.807) is 6.08 Å². The molecule has 0 fully saturated rings. The Hall–Kier alpha value is -1.51. The number of phosphoric acid groups is 1. The summed E-state index contributed by atoms with van der Waals surface area (Å²) in [6, 6.07) is 0. The highest BCUT2D eigenvalue weighted by Gasteiger charge is 2.25. The van der Waals surface area contributed by atoms with Crippen LogP contribution in [-0.4, -0.2) is 49.3 Å². The monoisotopic (exact) mass is 716 g/mol. The molecule has 0 amide bonds. The summed E-state index contributed by atoms with van der Waals surface area (Å²) in [6.45, 7) is 3.60. The fraction of sp³-hybridized carbons (Fsp3) is 0.846. The standard InChI is InChI=1S/C39H74NO8P/c1-3-5-7-9-11-13-15-17-18-20-21-23-25-27-29-31-38(41)45-35-37(36-47-49(43,44)46-34-33-40)48-39(42)32-30-28-26-24-22-19-16-14-12-10-8-6-4-2/h25,27,29,31,37H,3-24,26,28,30,32-36,40H2,1-2H3,(H,43,44)/b27-25+,31-29+/t37-/m1/s1. The summed E-state index contributed by atoms with van der Waals surface area (Å²) in [5.41, 5.74) is 5.33. The Balaban J connectivity index is 4.29. The van der Waals surface area contributed by atoms with Crippen LogP contribution in [0.3, 0.4) is 0 Å². The third kappa shape index (κ3) is 36.1. The lowest BCUT2D eigenvalue weighted by Gasteiger charge is -2.19. The van der Waals surface area contributed by atoms with Crippen molar-refractivity contribution in [1.82, 2.24) is 0 Å². The molecule has 0 saturated carbocycles. The first-order chi connectivity index (χ1) is 23.8. The molecular weight excluding hydrogens is 641 g/mol. The van der Waals surface area contributed by atoms with E-state index in [0.29, 0.717) is 6.42 Å². The number of allylic oxidation sites excluding steroid dienone is 3. The van der Waals surface area contributed by atoms with E-state index in [4.69, 9.17) is 24.3 Å². The van der Waals surface area contributed by atoms with E-state index in [2.05, 4.69) is 13.8 Å². The van der Waals surface area contributed by atoms with Gasteiger partial charge in [0.1, 0.15) is 6.61 Å². The minimum atomic E-state index is -4.39. The molecular formula is C39H74NO8P. The molecule has 0 aliphatic heterocycles. The Morgan fingerprint density at radius 2 is 1.12 bits per heavy atom. The zero-order valence-electron chi connectivity index (χ0n) is 31.4. The highest BCUT2D eigenvalue weighted by Crippen LogP contribution is 2.43. The Kier molecular flexibility index (Phi) is 35.2. The highest BCUT2D eigenvalue weighted by atomic mass is 31.2. The number of unbranched alkanes of at least 4 members (excludes halogenated alkanes) is 23. The molecule has 0 aliphatic rings. The van der Waals surface area contributed by atoms with Crippen LogP contribution in [0.2, 0.25) is 0 Å². The largest absolute Gasteiger partial charge is 0.472 e. The van der Waals surface area contributed by atoms with Crippen LogP contribution >= 0.6 is 7.82 Å². The number of ether oxygens (including phenoxy) is 2. The summed E-state index contributed by atoms with van der Waals surface area (Å²) >= 11 is 0. The van der Waals surface area contributed by atoms with Crippen LogP contribution in [0.15, 0.2) is 24.3 Å². The molecule has 49 heavy (non-hydrogen) atoms. The van der Waals surface area contributed by atoms with Crippen molar-refractivity contribution in [3.63, 3.8) is 0 Å². The zero-order valence-corrected chi connectivity index (χ0v) is 32.3. The van der Waals surface area contributed by atoms with Crippen molar-refractivity contribution in [2.45, 2.75) is 187 Å². The van der Waals surface area contributed by atoms with Crippen molar-refractivity contribution in [2.75, 3.05) is 26.4 Å². The Labute approximate surface area is 300 Å². The molecule has 288 valence electrons. The van der Waals surface area contributed by atoms with E-state index in [9.17, 15) is 19.0 Å². The Morgan fingerprint density at radius 1 is 0.653 bits per heavy atom. The van der Waals surface area contributed by atoms with Crippen molar-refractivity contribution < 1.29 is 37.6 Å². The number of carbonyl (C=O) groups is 2. The van der Waals surface area contributed by atoms with E-state index in [1.165, 1.54) is 128 Å². The van der Waals surface area contributed by atoms with Crippen LogP contribution in [-0.2, 0) is 32.7 Å². The molecule has 10 heteroatoms. The summed E-state index contributed by atoms with van der Waals surface area (Å²) < 4.78 is 32.5. The average molecular weight is 716 g/mol. The maximum atomic E-state index is 12.5. The third-order valence-electron chi connectivity index (χ3n) is 8.44. The van der Waals surface area contributed by atoms with Crippen molar-refractivity contribution in [3.8, 4) is 0 Å². The number of hydrogen-bond donors (Lipinski definition) is 2. The molecule has 2 atom stereocenters. The minimum absolute atomic E-state index is 0.0448. The van der Waals surface area contributed by atoms with Gasteiger partial charge in [-0.05, 0) is 19.3 Å². The summed E-state index contributed by atoms with van der Waals surface area (Å²) in [5.74, 6) is -1.08. The van der Waals surface area contributed by atoms with Crippen LogP contribution in [0.4, 0.5) is 0 Å². The van der Waals surface area contributed by atoms with Gasteiger partial charge in [-0.1, -0.05) is 173 Å². The lowest BCUT2D eigenvalue weighted by atomic mass is 10.0. The number of carbonyl (C=O) groups excluding carboxylic acids is 2. The number of rotatable bonds is 37. The number of phosphoric ester groups is 1. The van der Waals surface area contributed by atoms with Gasteiger partial charge in [-0.2, -0.15) is 0 Å². The number of esters is 2. The first-order valence-electron chi connectivity index (χ1n) is 19.9. The van der Waals surface area contributed by atoms with E-state index in [1.807, 2.05) is 12.2 Å². The fourth-order valence-corrected chi connectivity index (χ4v) is 6.25. The molecule has 0 bridgehead atoms. The molecule has 0 saturated heterocycles. The normalized spacial score (nSPS) is 13.6. The molecule has 1 unspecified atom stereocenters. The van der Waals surface area contributed by atoms with Gasteiger partial charge >= 0.3 is 19.8 Å². The topological polar surface area (TPSA) is 134 Å². The van der Waals surface area contributed by atoms with Crippen LogP contribution < -0.4 is 5.73 Å². The molecule has 0 radical (unpaired) electrons. The van der Waals surface area contributed by atoms with Gasteiger partial charge in [0.05, 0.1) is 13.2 Å². The second kappa shape index (κ2) is 36.3. The Bertz CT molecular complexity index is 866. The number of nitrogens with two attached hydrogens (primary N) is 1. The van der Waals surface area contributed by atoms with Gasteiger partial charge in [0, 0.05) is 19.0 Å². The quantitative estimate of drug-likeness (QED) is 0.0212. The van der Waals surface area contributed by atoms with Crippen molar-refractivity contribution in [3.05, 3.63) is 24.3 Å². The molecule has 0 aromatic heterocycles. The lowest BCUT2D eigenvalue weighted by molar-refractivity contribution is -0.159. The van der Waals surface area contributed by atoms with E-state index < -0.39 is 32.5 Å². The zero-order chi connectivity index (χ0) is 36.1. The van der Waals surface area contributed by atoms with Gasteiger partial charge < -0.3 is 20.1 Å². The smallest absolute Gasteiger partial charge is 0.458 e. The molecule has 0 spiro atoms. The van der Waals surface area contributed by atoms with E-state index in [0.717, 1.165) is 32.1 Å². The summed E-state index contributed by atoms with van der Waals surface area (Å²) in [6.07, 6.45) is 36.9. The summed E-state index contributed by atoms with van der Waals surface area (Å²) in [4.78, 5) is 34.6.